The van der Waals surface area contributed by atoms with Crippen LogP contribution < -0.4 is 0 Å². The molecule has 0 heterocycles. The summed E-state index contributed by atoms with van der Waals surface area (Å²) in [5.41, 5.74) is 0. The highest BCUT2D eigenvalue weighted by atomic mass is 16.6. The number of likely N-dealkylation sites (N-methyl/N-ethyl adjacent to an activating group) is 1. The Morgan fingerprint density at radius 1 is 0.564 bits per heavy atom. The van der Waals surface area contributed by atoms with Crippen molar-refractivity contribution in [2.24, 2.45) is 0 Å². The lowest BCUT2D eigenvalue weighted by Gasteiger charge is -2.31. The van der Waals surface area contributed by atoms with Crippen LogP contribution in [0.5, 0.6) is 0 Å². The summed E-state index contributed by atoms with van der Waals surface area (Å²) in [6.45, 7) is 4.49. The van der Waals surface area contributed by atoms with E-state index in [0.717, 1.165) is 44.9 Å². The fourth-order valence-corrected chi connectivity index (χ4v) is 5.88. The number of unbranched alkanes of at least 4 members (excludes halogenated alkanes) is 15. The van der Waals surface area contributed by atoms with Gasteiger partial charge in [0.15, 0.2) is 12.1 Å². The van der Waals surface area contributed by atoms with E-state index < -0.39 is 18.1 Å². The standard InChI is InChI=1S/C47H79NO7/c1-6-8-10-12-14-16-18-20-21-22-23-24-26-28-30-32-34-36-38-46(50)55-43(41-53-40-39-44(47(51)52)48(3,4)5)42-54-45(49)37-35-33-31-29-27-25-19-17-15-13-11-9-7-2/h9,11,13,15,17,19,23-25,27,29,31,43-44H,6-8,10,12,14,16,18,20-22,26,28,30,32-42H2,1-5H3/p+1/b11-9+,15-13+,19-17+,24-23+,27-25+,31-29+. The van der Waals surface area contributed by atoms with Crippen molar-refractivity contribution < 1.29 is 38.2 Å². The van der Waals surface area contributed by atoms with Crippen molar-refractivity contribution in [1.82, 2.24) is 0 Å². The number of allylic oxidation sites excluding steroid dienone is 12. The van der Waals surface area contributed by atoms with Gasteiger partial charge in [0.05, 0.1) is 34.4 Å². The molecule has 0 fully saturated rings. The molecule has 8 nitrogen and oxygen atoms in total. The zero-order valence-electron chi connectivity index (χ0n) is 35.6. The van der Waals surface area contributed by atoms with Crippen LogP contribution >= 0.6 is 0 Å². The molecule has 0 saturated carbocycles. The first-order chi connectivity index (χ1) is 26.6. The van der Waals surface area contributed by atoms with Crippen molar-refractivity contribution in [3.63, 3.8) is 0 Å². The quantitative estimate of drug-likeness (QED) is 0.0221. The number of carboxylic acids is 1. The van der Waals surface area contributed by atoms with Gasteiger partial charge in [0.25, 0.3) is 0 Å². The average molecular weight is 771 g/mol. The largest absolute Gasteiger partial charge is 0.477 e. The van der Waals surface area contributed by atoms with Crippen LogP contribution in [0.3, 0.4) is 0 Å². The monoisotopic (exact) mass is 771 g/mol. The van der Waals surface area contributed by atoms with Crippen LogP contribution in [0.2, 0.25) is 0 Å². The lowest BCUT2D eigenvalue weighted by molar-refractivity contribution is -0.887. The van der Waals surface area contributed by atoms with Gasteiger partial charge in [-0.05, 0) is 51.4 Å². The normalized spacial score (nSPS) is 13.7. The minimum Gasteiger partial charge on any atom is -0.477 e. The zero-order valence-corrected chi connectivity index (χ0v) is 35.6. The highest BCUT2D eigenvalue weighted by Gasteiger charge is 2.31. The molecule has 0 spiro atoms. The molecular weight excluding hydrogens is 691 g/mol. The Morgan fingerprint density at radius 2 is 1.05 bits per heavy atom. The molecule has 0 aromatic rings. The molecule has 0 bridgehead atoms. The van der Waals surface area contributed by atoms with E-state index in [1.165, 1.54) is 70.6 Å². The fraction of sp³-hybridized carbons (Fsp3) is 0.681. The molecule has 0 aliphatic rings. The maximum Gasteiger partial charge on any atom is 0.362 e. The molecule has 0 aliphatic heterocycles. The van der Waals surface area contributed by atoms with Crippen molar-refractivity contribution in [2.45, 2.75) is 167 Å². The maximum atomic E-state index is 12.7. The number of quaternary nitrogens is 1. The Labute approximate surface area is 336 Å². The van der Waals surface area contributed by atoms with E-state index in [-0.39, 0.29) is 42.7 Å². The molecule has 0 rings (SSSR count). The SMILES string of the molecule is CC/C=C/C=C/C=C/C=C/C=C/CCCC(=O)OCC(COCCC(C(=O)O)[N+](C)(C)C)OC(=O)CCCCCCC/C=C/CCCCCCCCCCC. The van der Waals surface area contributed by atoms with Gasteiger partial charge >= 0.3 is 17.9 Å². The summed E-state index contributed by atoms with van der Waals surface area (Å²) < 4.78 is 17.2. The average Bonchev–Trinajstić information content (AvgIpc) is 3.14. The summed E-state index contributed by atoms with van der Waals surface area (Å²) in [6, 6.07) is -0.629. The molecule has 2 atom stereocenters. The second-order valence-corrected chi connectivity index (χ2v) is 15.3. The van der Waals surface area contributed by atoms with Crippen molar-refractivity contribution in [3.8, 4) is 0 Å². The fourth-order valence-electron chi connectivity index (χ4n) is 5.88. The summed E-state index contributed by atoms with van der Waals surface area (Å²) in [6.07, 6.45) is 46.7. The molecule has 55 heavy (non-hydrogen) atoms. The number of aliphatic carboxylic acids is 1. The Hall–Kier alpha value is -3.23. The van der Waals surface area contributed by atoms with Crippen molar-refractivity contribution >= 4 is 17.9 Å². The molecule has 0 aromatic heterocycles. The minimum absolute atomic E-state index is 0.0316. The Morgan fingerprint density at radius 3 is 1.60 bits per heavy atom. The van der Waals surface area contributed by atoms with Gasteiger partial charge < -0.3 is 23.8 Å². The summed E-state index contributed by atoms with van der Waals surface area (Å²) in [7, 11) is 5.49. The number of esters is 2. The van der Waals surface area contributed by atoms with E-state index in [9.17, 15) is 19.5 Å². The molecule has 0 saturated heterocycles. The van der Waals surface area contributed by atoms with Crippen molar-refractivity contribution in [3.05, 3.63) is 72.9 Å². The zero-order chi connectivity index (χ0) is 40.7. The van der Waals surface area contributed by atoms with Crippen LogP contribution in [0.25, 0.3) is 0 Å². The van der Waals surface area contributed by atoms with E-state index >= 15 is 0 Å². The van der Waals surface area contributed by atoms with E-state index in [1.54, 1.807) is 0 Å². The van der Waals surface area contributed by atoms with Gasteiger partial charge in [-0.1, -0.05) is 157 Å². The number of rotatable bonds is 37. The van der Waals surface area contributed by atoms with Crippen LogP contribution in [0.4, 0.5) is 0 Å². The van der Waals surface area contributed by atoms with E-state index in [1.807, 2.05) is 75.8 Å². The smallest absolute Gasteiger partial charge is 0.362 e. The summed E-state index contributed by atoms with van der Waals surface area (Å²) in [4.78, 5) is 36.9. The Kier molecular flexibility index (Phi) is 35.5. The Balaban J connectivity index is 4.46. The predicted octanol–water partition coefficient (Wildman–Crippen LogP) is 11.6. The van der Waals surface area contributed by atoms with Crippen molar-refractivity contribution in [1.29, 1.82) is 0 Å². The summed E-state index contributed by atoms with van der Waals surface area (Å²) in [5.74, 6) is -1.58. The highest BCUT2D eigenvalue weighted by Crippen LogP contribution is 2.13. The van der Waals surface area contributed by atoms with Gasteiger partial charge in [-0.2, -0.15) is 0 Å². The summed E-state index contributed by atoms with van der Waals surface area (Å²) >= 11 is 0. The van der Waals surface area contributed by atoms with Crippen LogP contribution in [0, 0.1) is 0 Å². The minimum atomic E-state index is -0.889. The van der Waals surface area contributed by atoms with Gasteiger partial charge in [0.2, 0.25) is 0 Å². The number of carbonyl (C=O) groups is 3. The number of hydrogen-bond acceptors (Lipinski definition) is 6. The number of hydrogen-bond donors (Lipinski definition) is 1. The van der Waals surface area contributed by atoms with Crippen LogP contribution in [-0.2, 0) is 28.6 Å². The lowest BCUT2D eigenvalue weighted by atomic mass is 10.1. The highest BCUT2D eigenvalue weighted by molar-refractivity contribution is 5.72. The second kappa shape index (κ2) is 37.7. The molecular formula is C47H80NO7+. The first kappa shape index (κ1) is 51.8. The molecule has 0 aliphatic carbocycles. The Bertz CT molecular complexity index is 1130. The van der Waals surface area contributed by atoms with Crippen molar-refractivity contribution in [2.75, 3.05) is 41.0 Å². The second-order valence-electron chi connectivity index (χ2n) is 15.3. The van der Waals surface area contributed by atoms with Crippen LogP contribution in [0.15, 0.2) is 72.9 Å². The van der Waals surface area contributed by atoms with Crippen LogP contribution in [-0.4, -0.2) is 80.6 Å². The van der Waals surface area contributed by atoms with Gasteiger partial charge in [-0.3, -0.25) is 9.59 Å². The number of carboxylic acid groups (broad SMARTS) is 1. The molecule has 0 radical (unpaired) electrons. The first-order valence-corrected chi connectivity index (χ1v) is 21.5. The molecule has 314 valence electrons. The third-order valence-corrected chi connectivity index (χ3v) is 9.22. The van der Waals surface area contributed by atoms with Gasteiger partial charge in [0.1, 0.15) is 6.61 Å². The third kappa shape index (κ3) is 36.2. The van der Waals surface area contributed by atoms with E-state index in [0.29, 0.717) is 19.3 Å². The third-order valence-electron chi connectivity index (χ3n) is 9.22. The maximum absolute atomic E-state index is 12.7. The predicted molar refractivity (Wildman–Crippen MR) is 229 cm³/mol. The molecule has 0 aromatic carbocycles. The van der Waals surface area contributed by atoms with Gasteiger partial charge in [-0.25, -0.2) is 4.79 Å². The van der Waals surface area contributed by atoms with Crippen LogP contribution in [0.1, 0.15) is 155 Å². The topological polar surface area (TPSA) is 99.1 Å². The molecule has 1 N–H and O–H groups in total. The first-order valence-electron chi connectivity index (χ1n) is 21.5. The molecule has 2 unspecified atom stereocenters. The lowest BCUT2D eigenvalue weighted by Crippen LogP contribution is -2.50. The number of ether oxygens (including phenoxy) is 3. The molecule has 0 amide bonds. The molecule has 8 heteroatoms. The van der Waals surface area contributed by atoms with Gasteiger partial charge in [-0.15, -0.1) is 0 Å². The number of carbonyl (C=O) groups excluding carboxylic acids is 2. The number of nitrogens with zero attached hydrogens (tertiary/aromatic N) is 1. The van der Waals surface area contributed by atoms with E-state index in [4.69, 9.17) is 14.2 Å². The van der Waals surface area contributed by atoms with E-state index in [2.05, 4.69) is 32.1 Å². The summed E-state index contributed by atoms with van der Waals surface area (Å²) in [5, 5.41) is 9.61. The van der Waals surface area contributed by atoms with Gasteiger partial charge in [0, 0.05) is 19.3 Å².